The number of hydrogen-bond acceptors (Lipinski definition) is 2. The fourth-order valence-corrected chi connectivity index (χ4v) is 3.45. The molecule has 4 heteroatoms. The van der Waals surface area contributed by atoms with Gasteiger partial charge in [0.15, 0.2) is 0 Å². The minimum Gasteiger partial charge on any atom is -0.311 e. The summed E-state index contributed by atoms with van der Waals surface area (Å²) in [6, 6.07) is 0. The second-order valence-electron chi connectivity index (χ2n) is 5.63. The summed E-state index contributed by atoms with van der Waals surface area (Å²) in [7, 11) is 0. The van der Waals surface area contributed by atoms with E-state index in [9.17, 15) is 0 Å². The SMILES string of the molecule is CCn1nc(C)c(Br)c1CNCCC1CCCCC1. The Morgan fingerprint density at radius 3 is 2.74 bits per heavy atom. The zero-order chi connectivity index (χ0) is 13.7. The van der Waals surface area contributed by atoms with Crippen molar-refractivity contribution < 1.29 is 0 Å². The smallest absolute Gasteiger partial charge is 0.0739 e. The molecule has 1 aromatic heterocycles. The molecule has 0 spiro atoms. The zero-order valence-corrected chi connectivity index (χ0v) is 13.8. The highest BCUT2D eigenvalue weighted by molar-refractivity contribution is 9.10. The number of aromatic nitrogens is 2. The molecule has 19 heavy (non-hydrogen) atoms. The average Bonchev–Trinajstić information content (AvgIpc) is 2.72. The van der Waals surface area contributed by atoms with Gasteiger partial charge in [-0.15, -0.1) is 0 Å². The summed E-state index contributed by atoms with van der Waals surface area (Å²) in [5.41, 5.74) is 2.37. The third-order valence-corrected chi connectivity index (χ3v) is 5.23. The van der Waals surface area contributed by atoms with Crippen molar-refractivity contribution >= 4 is 15.9 Å². The first-order valence-corrected chi connectivity index (χ1v) is 8.44. The van der Waals surface area contributed by atoms with Crippen LogP contribution in [0.2, 0.25) is 0 Å². The van der Waals surface area contributed by atoms with E-state index >= 15 is 0 Å². The molecule has 1 aromatic rings. The Hall–Kier alpha value is -0.350. The fraction of sp³-hybridized carbons (Fsp3) is 0.800. The van der Waals surface area contributed by atoms with Crippen LogP contribution < -0.4 is 5.32 Å². The number of hydrogen-bond donors (Lipinski definition) is 1. The molecular weight excluding hydrogens is 302 g/mol. The molecule has 108 valence electrons. The van der Waals surface area contributed by atoms with Gasteiger partial charge < -0.3 is 5.32 Å². The normalized spacial score (nSPS) is 17.0. The van der Waals surface area contributed by atoms with Gasteiger partial charge in [-0.3, -0.25) is 4.68 Å². The van der Waals surface area contributed by atoms with E-state index in [1.54, 1.807) is 0 Å². The predicted octanol–water partition coefficient (Wildman–Crippen LogP) is 4.03. The zero-order valence-electron chi connectivity index (χ0n) is 12.2. The van der Waals surface area contributed by atoms with Crippen LogP contribution in [0, 0.1) is 12.8 Å². The molecule has 1 saturated carbocycles. The van der Waals surface area contributed by atoms with E-state index < -0.39 is 0 Å². The van der Waals surface area contributed by atoms with Crippen LogP contribution in [0.4, 0.5) is 0 Å². The number of rotatable bonds is 6. The van der Waals surface area contributed by atoms with Crippen molar-refractivity contribution in [2.24, 2.45) is 5.92 Å². The van der Waals surface area contributed by atoms with Gasteiger partial charge in [0, 0.05) is 13.1 Å². The van der Waals surface area contributed by atoms with Crippen molar-refractivity contribution in [1.29, 1.82) is 0 Å². The minimum absolute atomic E-state index is 0.919. The standard InChI is InChI=1S/C15H26BrN3/c1-3-19-14(15(16)12(2)18-19)11-17-10-9-13-7-5-4-6-8-13/h13,17H,3-11H2,1-2H3. The van der Waals surface area contributed by atoms with Gasteiger partial charge >= 0.3 is 0 Å². The van der Waals surface area contributed by atoms with Crippen molar-refractivity contribution in [1.82, 2.24) is 15.1 Å². The van der Waals surface area contributed by atoms with E-state index in [0.29, 0.717) is 0 Å². The molecule has 0 unspecified atom stereocenters. The lowest BCUT2D eigenvalue weighted by Gasteiger charge is -2.21. The highest BCUT2D eigenvalue weighted by atomic mass is 79.9. The van der Waals surface area contributed by atoms with Crippen LogP contribution in [0.25, 0.3) is 0 Å². The fourth-order valence-electron chi connectivity index (χ4n) is 3.03. The van der Waals surface area contributed by atoms with Crippen molar-refractivity contribution in [3.8, 4) is 0 Å². The quantitative estimate of drug-likeness (QED) is 0.799. The van der Waals surface area contributed by atoms with Crippen LogP contribution in [0.15, 0.2) is 4.47 Å². The monoisotopic (exact) mass is 327 g/mol. The number of halogens is 1. The first kappa shape index (κ1) is 15.0. The summed E-state index contributed by atoms with van der Waals surface area (Å²) in [5, 5.41) is 8.11. The minimum atomic E-state index is 0.919. The summed E-state index contributed by atoms with van der Waals surface area (Å²) in [4.78, 5) is 0. The highest BCUT2D eigenvalue weighted by Crippen LogP contribution is 2.26. The van der Waals surface area contributed by atoms with E-state index in [4.69, 9.17) is 0 Å². The molecule has 1 aliphatic carbocycles. The first-order valence-electron chi connectivity index (χ1n) is 7.64. The molecule has 0 aromatic carbocycles. The Balaban J connectivity index is 1.76. The van der Waals surface area contributed by atoms with Gasteiger partial charge in [-0.05, 0) is 48.7 Å². The predicted molar refractivity (Wildman–Crippen MR) is 83.2 cm³/mol. The average molecular weight is 328 g/mol. The summed E-state index contributed by atoms with van der Waals surface area (Å²) < 4.78 is 3.26. The van der Waals surface area contributed by atoms with Crippen LogP contribution in [-0.2, 0) is 13.1 Å². The molecule has 1 fully saturated rings. The van der Waals surface area contributed by atoms with E-state index in [0.717, 1.165) is 31.2 Å². The molecular formula is C15H26BrN3. The van der Waals surface area contributed by atoms with Crippen molar-refractivity contribution in [2.75, 3.05) is 6.54 Å². The maximum atomic E-state index is 4.53. The van der Waals surface area contributed by atoms with Gasteiger partial charge in [0.2, 0.25) is 0 Å². The van der Waals surface area contributed by atoms with E-state index in [2.05, 4.69) is 44.9 Å². The highest BCUT2D eigenvalue weighted by Gasteiger charge is 2.14. The van der Waals surface area contributed by atoms with Gasteiger partial charge in [0.25, 0.3) is 0 Å². The summed E-state index contributed by atoms with van der Waals surface area (Å²) in [6.07, 6.45) is 8.55. The molecule has 0 radical (unpaired) electrons. The molecule has 3 nitrogen and oxygen atoms in total. The van der Waals surface area contributed by atoms with Crippen LogP contribution in [0.5, 0.6) is 0 Å². The molecule has 2 rings (SSSR count). The van der Waals surface area contributed by atoms with Gasteiger partial charge in [-0.25, -0.2) is 0 Å². The third-order valence-electron chi connectivity index (χ3n) is 4.20. The summed E-state index contributed by atoms with van der Waals surface area (Å²) in [5.74, 6) is 0.961. The summed E-state index contributed by atoms with van der Waals surface area (Å²) in [6.45, 7) is 7.19. The lowest BCUT2D eigenvalue weighted by Crippen LogP contribution is -2.21. The lowest BCUT2D eigenvalue weighted by atomic mass is 9.87. The molecule has 1 heterocycles. The Morgan fingerprint density at radius 2 is 2.05 bits per heavy atom. The Bertz CT molecular complexity index is 394. The van der Waals surface area contributed by atoms with Gasteiger partial charge in [0.1, 0.15) is 0 Å². The topological polar surface area (TPSA) is 29.9 Å². The first-order chi connectivity index (χ1) is 9.22. The Labute approximate surface area is 125 Å². The van der Waals surface area contributed by atoms with Crippen molar-refractivity contribution in [3.05, 3.63) is 15.9 Å². The molecule has 0 aliphatic heterocycles. The van der Waals surface area contributed by atoms with Crippen molar-refractivity contribution in [3.63, 3.8) is 0 Å². The third kappa shape index (κ3) is 4.06. The molecule has 0 bridgehead atoms. The number of nitrogens with zero attached hydrogens (tertiary/aromatic N) is 2. The largest absolute Gasteiger partial charge is 0.311 e. The van der Waals surface area contributed by atoms with E-state index in [-0.39, 0.29) is 0 Å². The Kier molecular flexibility index (Phi) is 5.89. The molecule has 1 N–H and O–H groups in total. The molecule has 0 amide bonds. The number of nitrogens with one attached hydrogen (secondary N) is 1. The second-order valence-corrected chi connectivity index (χ2v) is 6.42. The maximum Gasteiger partial charge on any atom is 0.0739 e. The van der Waals surface area contributed by atoms with Crippen LogP contribution in [0.1, 0.15) is 56.8 Å². The van der Waals surface area contributed by atoms with E-state index in [1.165, 1.54) is 48.7 Å². The lowest BCUT2D eigenvalue weighted by molar-refractivity contribution is 0.333. The van der Waals surface area contributed by atoms with E-state index in [1.807, 2.05) is 0 Å². The molecule has 1 aliphatic rings. The molecule has 0 atom stereocenters. The second kappa shape index (κ2) is 7.44. The van der Waals surface area contributed by atoms with Crippen LogP contribution in [0.3, 0.4) is 0 Å². The van der Waals surface area contributed by atoms with Crippen LogP contribution in [-0.4, -0.2) is 16.3 Å². The van der Waals surface area contributed by atoms with Crippen LogP contribution >= 0.6 is 15.9 Å². The van der Waals surface area contributed by atoms with Gasteiger partial charge in [0.05, 0.1) is 15.9 Å². The van der Waals surface area contributed by atoms with Gasteiger partial charge in [-0.2, -0.15) is 5.10 Å². The van der Waals surface area contributed by atoms with Gasteiger partial charge in [-0.1, -0.05) is 32.1 Å². The number of aryl methyl sites for hydroxylation is 2. The summed E-state index contributed by atoms with van der Waals surface area (Å²) >= 11 is 3.65. The van der Waals surface area contributed by atoms with Crippen molar-refractivity contribution in [2.45, 2.75) is 65.5 Å². The Morgan fingerprint density at radius 1 is 1.32 bits per heavy atom. The maximum absolute atomic E-state index is 4.53. The molecule has 0 saturated heterocycles.